The lowest BCUT2D eigenvalue weighted by Crippen LogP contribution is -2.34. The van der Waals surface area contributed by atoms with Gasteiger partial charge in [-0.25, -0.2) is 4.57 Å². The molecule has 0 aliphatic heterocycles. The molecule has 0 saturated heterocycles. The minimum Gasteiger partial charge on any atom is -0.480 e. The van der Waals surface area contributed by atoms with Crippen molar-refractivity contribution in [2.75, 3.05) is 19.8 Å². The summed E-state index contributed by atoms with van der Waals surface area (Å²) in [5.74, 6) is -2.59. The maximum Gasteiger partial charge on any atom is 0.472 e. The largest absolute Gasteiger partial charge is 0.480 e. The molecule has 0 aromatic carbocycles. The van der Waals surface area contributed by atoms with Crippen LogP contribution in [0.5, 0.6) is 0 Å². The normalized spacial score (nSPS) is 14.6. The molecule has 0 aromatic rings. The molecule has 0 fully saturated rings. The quantitative estimate of drug-likeness (QED) is 0.0150. The Morgan fingerprint density at radius 2 is 1.14 bits per heavy atom. The highest BCUT2D eigenvalue weighted by atomic mass is 31.2. The summed E-state index contributed by atoms with van der Waals surface area (Å²) in [6, 6.07) is -1.55. The predicted octanol–water partition coefficient (Wildman–Crippen LogP) is 10.6. The van der Waals surface area contributed by atoms with Crippen molar-refractivity contribution in [2.45, 2.75) is 205 Å². The summed E-state index contributed by atoms with van der Waals surface area (Å²) in [5, 5.41) is 19.2. The first-order valence-corrected chi connectivity index (χ1v) is 23.6. The fraction of sp³-hybridized carbons (Fsp3) is 0.795. The van der Waals surface area contributed by atoms with E-state index in [1.165, 1.54) is 109 Å². The summed E-state index contributed by atoms with van der Waals surface area (Å²) in [7, 11) is -4.77. The van der Waals surface area contributed by atoms with Crippen LogP contribution in [0.25, 0.3) is 0 Å². The number of aliphatic carboxylic acids is 1. The van der Waals surface area contributed by atoms with E-state index in [2.05, 4.69) is 30.5 Å². The zero-order valence-corrected chi connectivity index (χ0v) is 36.4. The number of ether oxygens (including phenoxy) is 2. The first-order valence-electron chi connectivity index (χ1n) is 22.1. The van der Waals surface area contributed by atoms with Crippen LogP contribution in [0.1, 0.15) is 187 Å². The van der Waals surface area contributed by atoms with E-state index in [1.54, 1.807) is 12.2 Å². The molecule has 5 N–H and O–H groups in total. The molecule has 0 amide bonds. The second-order valence-corrected chi connectivity index (χ2v) is 16.5. The van der Waals surface area contributed by atoms with Gasteiger partial charge in [0.2, 0.25) is 0 Å². The number of carboxylic acids is 1. The second-order valence-electron chi connectivity index (χ2n) is 15.0. The van der Waals surface area contributed by atoms with E-state index < -0.39 is 63.8 Å². The van der Waals surface area contributed by atoms with Crippen molar-refractivity contribution in [3.8, 4) is 0 Å². The van der Waals surface area contributed by atoms with Gasteiger partial charge in [0.25, 0.3) is 0 Å². The molecule has 0 aromatic heterocycles. The van der Waals surface area contributed by atoms with E-state index in [1.807, 2.05) is 12.2 Å². The minimum absolute atomic E-state index is 0.0611. The Labute approximate surface area is 345 Å². The zero-order chi connectivity index (χ0) is 42.2. The number of unbranched alkanes of at least 4 members (excludes halogenated alkanes) is 20. The third-order valence-corrected chi connectivity index (χ3v) is 10.4. The number of phosphoric acid groups is 1. The molecule has 332 valence electrons. The van der Waals surface area contributed by atoms with Crippen molar-refractivity contribution in [1.29, 1.82) is 0 Å². The first-order chi connectivity index (χ1) is 27.5. The molecule has 4 atom stereocenters. The fourth-order valence-electron chi connectivity index (χ4n) is 5.96. The zero-order valence-electron chi connectivity index (χ0n) is 35.5. The Morgan fingerprint density at radius 1 is 0.632 bits per heavy atom. The van der Waals surface area contributed by atoms with Gasteiger partial charge in [0.05, 0.1) is 19.3 Å². The molecule has 13 heteroatoms. The standard InChI is InChI=1S/C44H80NO11P/c1-3-5-7-9-11-13-15-17-18-20-22-24-26-28-30-34-42(47)53-36-40(37-54-57(51,52)55-38-41(45)44(49)50)56-43(48)35-31-33-39(46)32-29-27-25-23-21-19-16-14-12-10-8-6-4-2/h19,21,25,27,29,32,39-41,46H,3-18,20,22-24,26,28,30-31,33-38,45H2,1-2H3,(H,49,50)(H,51,52)/b21-19+,27-25+,32-29+/t39?,40-,41+/m1/s1. The van der Waals surface area contributed by atoms with Gasteiger partial charge in [-0.2, -0.15) is 0 Å². The van der Waals surface area contributed by atoms with Crippen LogP contribution in [-0.4, -0.2) is 71.1 Å². The van der Waals surface area contributed by atoms with Crippen LogP contribution in [0.3, 0.4) is 0 Å². The SMILES string of the molecule is CCCCCCCC/C=C/C/C=C/C=C/C(O)CCCC(=O)O[C@H](COC(=O)CCCCCCCCCCCCCCCCC)COP(=O)(O)OC[C@H](N)C(=O)O. The van der Waals surface area contributed by atoms with Gasteiger partial charge in [-0.3, -0.25) is 23.4 Å². The van der Waals surface area contributed by atoms with Crippen LogP contribution in [0.15, 0.2) is 36.5 Å². The number of rotatable bonds is 41. The van der Waals surface area contributed by atoms with E-state index >= 15 is 0 Å². The third kappa shape index (κ3) is 38.9. The highest BCUT2D eigenvalue weighted by molar-refractivity contribution is 7.47. The minimum atomic E-state index is -4.77. The van der Waals surface area contributed by atoms with Crippen molar-refractivity contribution in [3.63, 3.8) is 0 Å². The summed E-state index contributed by atoms with van der Waals surface area (Å²) in [6.07, 6.45) is 38.1. The molecule has 0 saturated carbocycles. The lowest BCUT2D eigenvalue weighted by Gasteiger charge is -2.20. The van der Waals surface area contributed by atoms with Crippen LogP contribution in [0.4, 0.5) is 0 Å². The number of phosphoric ester groups is 1. The van der Waals surface area contributed by atoms with Gasteiger partial charge in [0, 0.05) is 12.8 Å². The van der Waals surface area contributed by atoms with E-state index in [0.29, 0.717) is 19.3 Å². The maximum absolute atomic E-state index is 12.6. The van der Waals surface area contributed by atoms with Crippen molar-refractivity contribution in [1.82, 2.24) is 0 Å². The molecular weight excluding hydrogens is 749 g/mol. The number of nitrogens with two attached hydrogens (primary N) is 1. The summed E-state index contributed by atoms with van der Waals surface area (Å²) in [6.45, 7) is 2.61. The van der Waals surface area contributed by atoms with Crippen molar-refractivity contribution in [3.05, 3.63) is 36.5 Å². The molecule has 0 rings (SSSR count). The molecule has 0 bridgehead atoms. The predicted molar refractivity (Wildman–Crippen MR) is 228 cm³/mol. The molecule has 57 heavy (non-hydrogen) atoms. The number of hydrogen-bond acceptors (Lipinski definition) is 10. The van der Waals surface area contributed by atoms with Crippen LogP contribution >= 0.6 is 7.82 Å². The summed E-state index contributed by atoms with van der Waals surface area (Å²) in [5.41, 5.74) is 5.32. The van der Waals surface area contributed by atoms with Crippen LogP contribution in [0.2, 0.25) is 0 Å². The topological polar surface area (TPSA) is 192 Å². The van der Waals surface area contributed by atoms with Crippen molar-refractivity contribution < 1.29 is 52.6 Å². The van der Waals surface area contributed by atoms with Crippen LogP contribution in [-0.2, 0) is 37.5 Å². The number of aliphatic hydroxyl groups excluding tert-OH is 1. The molecule has 0 spiro atoms. The van der Waals surface area contributed by atoms with Crippen molar-refractivity contribution >= 4 is 25.7 Å². The number of carbonyl (C=O) groups is 3. The number of hydrogen-bond donors (Lipinski definition) is 4. The Morgan fingerprint density at radius 3 is 1.70 bits per heavy atom. The molecular formula is C44H80NO11P. The molecule has 0 aliphatic carbocycles. The number of aliphatic hydroxyl groups is 1. The molecule has 0 aliphatic rings. The van der Waals surface area contributed by atoms with Gasteiger partial charge in [-0.05, 0) is 38.5 Å². The van der Waals surface area contributed by atoms with E-state index in [0.717, 1.165) is 32.1 Å². The number of esters is 2. The molecule has 0 heterocycles. The monoisotopic (exact) mass is 830 g/mol. The lowest BCUT2D eigenvalue weighted by atomic mass is 10.0. The number of carbonyl (C=O) groups excluding carboxylic acids is 2. The molecule has 0 radical (unpaired) electrons. The average molecular weight is 830 g/mol. The Balaban J connectivity index is 4.53. The van der Waals surface area contributed by atoms with Gasteiger partial charge in [0.15, 0.2) is 6.10 Å². The van der Waals surface area contributed by atoms with Crippen molar-refractivity contribution in [2.24, 2.45) is 5.73 Å². The fourth-order valence-corrected chi connectivity index (χ4v) is 6.73. The molecule has 2 unspecified atom stereocenters. The highest BCUT2D eigenvalue weighted by Crippen LogP contribution is 2.43. The van der Waals surface area contributed by atoms with Crippen LogP contribution in [0, 0.1) is 0 Å². The average Bonchev–Trinajstić information content (AvgIpc) is 3.18. The van der Waals surface area contributed by atoms with E-state index in [9.17, 15) is 28.9 Å². The Kier molecular flexibility index (Phi) is 37.5. The summed E-state index contributed by atoms with van der Waals surface area (Å²) >= 11 is 0. The van der Waals surface area contributed by atoms with E-state index in [-0.39, 0.29) is 12.8 Å². The molecule has 12 nitrogen and oxygen atoms in total. The van der Waals surface area contributed by atoms with Gasteiger partial charge in [0.1, 0.15) is 12.6 Å². The number of carboxylic acid groups (broad SMARTS) is 1. The van der Waals surface area contributed by atoms with Gasteiger partial charge >= 0.3 is 25.7 Å². The Bertz CT molecular complexity index is 1130. The highest BCUT2D eigenvalue weighted by Gasteiger charge is 2.28. The Hall–Kier alpha value is -2.34. The van der Waals surface area contributed by atoms with Gasteiger partial charge < -0.3 is 30.3 Å². The van der Waals surface area contributed by atoms with Crippen LogP contribution < -0.4 is 5.73 Å². The summed E-state index contributed by atoms with van der Waals surface area (Å²) in [4.78, 5) is 46.0. The second kappa shape index (κ2) is 39.1. The lowest BCUT2D eigenvalue weighted by molar-refractivity contribution is -0.161. The van der Waals surface area contributed by atoms with Gasteiger partial charge in [-0.1, -0.05) is 172 Å². The van der Waals surface area contributed by atoms with Gasteiger partial charge in [-0.15, -0.1) is 0 Å². The smallest absolute Gasteiger partial charge is 0.472 e. The first kappa shape index (κ1) is 54.7. The summed E-state index contributed by atoms with van der Waals surface area (Å²) < 4.78 is 32.5. The third-order valence-electron chi connectivity index (χ3n) is 9.50. The maximum atomic E-state index is 12.6. The van der Waals surface area contributed by atoms with E-state index in [4.69, 9.17) is 24.8 Å². The number of allylic oxidation sites excluding steroid dienone is 5.